The van der Waals surface area contributed by atoms with Gasteiger partial charge in [-0.25, -0.2) is 0 Å². The van der Waals surface area contributed by atoms with Crippen LogP contribution in [-0.2, 0) is 6.42 Å². The third-order valence-corrected chi connectivity index (χ3v) is 5.75. The second-order valence-corrected chi connectivity index (χ2v) is 6.76. The predicted octanol–water partition coefficient (Wildman–Crippen LogP) is 3.32. The minimum Gasteiger partial charge on any atom is -0.312 e. The summed E-state index contributed by atoms with van der Waals surface area (Å²) < 4.78 is 0. The van der Waals surface area contributed by atoms with Gasteiger partial charge in [-0.2, -0.15) is 0 Å². The van der Waals surface area contributed by atoms with Crippen molar-refractivity contribution in [2.45, 2.75) is 64.5 Å². The van der Waals surface area contributed by atoms with E-state index in [1.54, 1.807) is 11.3 Å². The number of likely N-dealkylation sites (tertiary alicyclic amines) is 1. The fourth-order valence-electron chi connectivity index (χ4n) is 3.82. The quantitative estimate of drug-likeness (QED) is 0.797. The van der Waals surface area contributed by atoms with Crippen molar-refractivity contribution in [1.82, 2.24) is 15.2 Å². The Morgan fingerprint density at radius 3 is 2.50 bits per heavy atom. The van der Waals surface area contributed by atoms with Gasteiger partial charge >= 0.3 is 0 Å². The van der Waals surface area contributed by atoms with Gasteiger partial charge in [0.1, 0.15) is 0 Å². The van der Waals surface area contributed by atoms with Crippen LogP contribution in [0, 0.1) is 0 Å². The Bertz CT molecular complexity index is 367. The number of aromatic nitrogens is 1. The molecule has 2 rings (SSSR count). The lowest BCUT2D eigenvalue weighted by atomic mass is 9.80. The molecular formula is C16H29N3S. The van der Waals surface area contributed by atoms with Gasteiger partial charge in [0.15, 0.2) is 0 Å². The molecule has 0 radical (unpaired) electrons. The first-order chi connectivity index (χ1) is 9.76. The molecule has 20 heavy (non-hydrogen) atoms. The van der Waals surface area contributed by atoms with Gasteiger partial charge in [0.05, 0.1) is 5.51 Å². The normalized spacial score (nSPS) is 18.6. The van der Waals surface area contributed by atoms with E-state index >= 15 is 0 Å². The highest BCUT2D eigenvalue weighted by atomic mass is 32.1. The van der Waals surface area contributed by atoms with Crippen LogP contribution in [0.5, 0.6) is 0 Å². The Kier molecular flexibility index (Phi) is 6.00. The summed E-state index contributed by atoms with van der Waals surface area (Å²) in [5, 5.41) is 3.78. The molecule has 0 aliphatic carbocycles. The van der Waals surface area contributed by atoms with Gasteiger partial charge < -0.3 is 5.32 Å². The molecule has 2 heterocycles. The van der Waals surface area contributed by atoms with Gasteiger partial charge in [-0.3, -0.25) is 9.88 Å². The number of likely N-dealkylation sites (N-methyl/N-ethyl adjacent to an activating group) is 1. The monoisotopic (exact) mass is 295 g/mol. The topological polar surface area (TPSA) is 28.2 Å². The van der Waals surface area contributed by atoms with Gasteiger partial charge in [-0.05, 0) is 45.3 Å². The Hall–Kier alpha value is -0.450. The minimum atomic E-state index is 0.302. The molecule has 1 unspecified atom stereocenters. The van der Waals surface area contributed by atoms with Crippen molar-refractivity contribution >= 4 is 11.3 Å². The van der Waals surface area contributed by atoms with E-state index in [2.05, 4.69) is 36.0 Å². The lowest BCUT2D eigenvalue weighted by molar-refractivity contribution is 0.0629. The molecule has 1 fully saturated rings. The Morgan fingerprint density at radius 2 is 2.00 bits per heavy atom. The third kappa shape index (κ3) is 3.23. The fourth-order valence-corrected chi connectivity index (χ4v) is 4.46. The van der Waals surface area contributed by atoms with E-state index in [0.717, 1.165) is 13.0 Å². The van der Waals surface area contributed by atoms with Crippen LogP contribution < -0.4 is 5.32 Å². The first kappa shape index (κ1) is 15.9. The van der Waals surface area contributed by atoms with Crippen LogP contribution in [-0.4, -0.2) is 41.1 Å². The van der Waals surface area contributed by atoms with Crippen molar-refractivity contribution in [3.05, 3.63) is 16.6 Å². The minimum absolute atomic E-state index is 0.302. The van der Waals surface area contributed by atoms with Crippen molar-refractivity contribution in [3.63, 3.8) is 0 Å². The molecule has 0 spiro atoms. The fraction of sp³-hybridized carbons (Fsp3) is 0.812. The maximum atomic E-state index is 4.24. The molecule has 4 heteroatoms. The van der Waals surface area contributed by atoms with E-state index < -0.39 is 0 Å². The number of hydrogen-bond donors (Lipinski definition) is 1. The van der Waals surface area contributed by atoms with Gasteiger partial charge in [0, 0.05) is 29.1 Å². The molecule has 0 saturated carbocycles. The molecule has 0 bridgehead atoms. The molecule has 1 aromatic heterocycles. The van der Waals surface area contributed by atoms with E-state index in [9.17, 15) is 0 Å². The first-order valence-electron chi connectivity index (χ1n) is 8.12. The second-order valence-electron chi connectivity index (χ2n) is 5.79. The van der Waals surface area contributed by atoms with E-state index in [1.165, 1.54) is 43.6 Å². The van der Waals surface area contributed by atoms with Crippen LogP contribution >= 0.6 is 11.3 Å². The summed E-state index contributed by atoms with van der Waals surface area (Å²) in [5.41, 5.74) is 2.25. The summed E-state index contributed by atoms with van der Waals surface area (Å²) in [6.45, 7) is 10.5. The molecule has 1 aliphatic rings. The van der Waals surface area contributed by atoms with Crippen LogP contribution in [0.25, 0.3) is 0 Å². The zero-order valence-electron chi connectivity index (χ0n) is 13.2. The van der Waals surface area contributed by atoms with Crippen molar-refractivity contribution in [1.29, 1.82) is 0 Å². The van der Waals surface area contributed by atoms with Crippen LogP contribution in [0.2, 0.25) is 0 Å². The van der Waals surface area contributed by atoms with Crippen molar-refractivity contribution < 1.29 is 0 Å². The van der Waals surface area contributed by atoms with Crippen molar-refractivity contribution in [2.24, 2.45) is 0 Å². The van der Waals surface area contributed by atoms with Crippen LogP contribution in [0.1, 0.15) is 51.3 Å². The van der Waals surface area contributed by atoms with E-state index in [1.807, 2.05) is 11.7 Å². The highest BCUT2D eigenvalue weighted by Gasteiger charge is 2.41. The Labute approximate surface area is 127 Å². The average Bonchev–Trinajstić information content (AvgIpc) is 3.14. The second kappa shape index (κ2) is 7.53. The standard InChI is InChI=1S/C16H29N3S/c1-4-16(5-2,19-9-7-8-10-19)15(18-6-3)11-14-12-17-13-20-14/h12-13,15,18H,4-11H2,1-3H3. The van der Waals surface area contributed by atoms with Gasteiger partial charge in [0.2, 0.25) is 0 Å². The predicted molar refractivity (Wildman–Crippen MR) is 87.4 cm³/mol. The number of thiazole rings is 1. The molecule has 1 aromatic rings. The van der Waals surface area contributed by atoms with Crippen molar-refractivity contribution in [2.75, 3.05) is 19.6 Å². The maximum Gasteiger partial charge on any atom is 0.0794 e. The molecule has 1 aliphatic heterocycles. The molecule has 114 valence electrons. The summed E-state index contributed by atoms with van der Waals surface area (Å²) in [5.74, 6) is 0. The van der Waals surface area contributed by atoms with Crippen LogP contribution in [0.15, 0.2) is 11.7 Å². The summed E-state index contributed by atoms with van der Waals surface area (Å²) in [6.07, 6.45) is 8.31. The first-order valence-corrected chi connectivity index (χ1v) is 9.00. The van der Waals surface area contributed by atoms with E-state index in [0.29, 0.717) is 11.6 Å². The number of nitrogens with one attached hydrogen (secondary N) is 1. The lowest BCUT2D eigenvalue weighted by Crippen LogP contribution is -2.60. The van der Waals surface area contributed by atoms with E-state index in [-0.39, 0.29) is 0 Å². The number of rotatable bonds is 8. The van der Waals surface area contributed by atoms with E-state index in [4.69, 9.17) is 0 Å². The molecule has 1 N–H and O–H groups in total. The molecule has 0 aromatic carbocycles. The Morgan fingerprint density at radius 1 is 1.30 bits per heavy atom. The molecule has 0 amide bonds. The highest BCUT2D eigenvalue weighted by molar-refractivity contribution is 7.09. The molecule has 1 atom stereocenters. The summed E-state index contributed by atoms with van der Waals surface area (Å²) in [4.78, 5) is 8.40. The maximum absolute atomic E-state index is 4.24. The zero-order valence-corrected chi connectivity index (χ0v) is 14.0. The van der Waals surface area contributed by atoms with Crippen molar-refractivity contribution in [3.8, 4) is 0 Å². The summed E-state index contributed by atoms with van der Waals surface area (Å²) in [7, 11) is 0. The SMILES string of the molecule is CCNC(Cc1cncs1)C(CC)(CC)N1CCCC1. The zero-order chi connectivity index (χ0) is 14.4. The lowest BCUT2D eigenvalue weighted by Gasteiger charge is -2.47. The van der Waals surface area contributed by atoms with Gasteiger partial charge in [0.25, 0.3) is 0 Å². The molecule has 1 saturated heterocycles. The number of nitrogens with zero attached hydrogens (tertiary/aromatic N) is 2. The largest absolute Gasteiger partial charge is 0.312 e. The Balaban J connectivity index is 2.21. The van der Waals surface area contributed by atoms with Gasteiger partial charge in [-0.1, -0.05) is 20.8 Å². The van der Waals surface area contributed by atoms with Gasteiger partial charge in [-0.15, -0.1) is 11.3 Å². The summed E-state index contributed by atoms with van der Waals surface area (Å²) >= 11 is 1.79. The summed E-state index contributed by atoms with van der Waals surface area (Å²) in [6, 6.07) is 0.529. The highest BCUT2D eigenvalue weighted by Crippen LogP contribution is 2.33. The average molecular weight is 295 g/mol. The molecular weight excluding hydrogens is 266 g/mol. The third-order valence-electron chi connectivity index (χ3n) is 4.95. The molecule has 3 nitrogen and oxygen atoms in total. The van der Waals surface area contributed by atoms with Crippen LogP contribution in [0.3, 0.4) is 0 Å². The number of hydrogen-bond acceptors (Lipinski definition) is 4. The smallest absolute Gasteiger partial charge is 0.0794 e. The van der Waals surface area contributed by atoms with Crippen LogP contribution in [0.4, 0.5) is 0 Å².